The van der Waals surface area contributed by atoms with Crippen molar-refractivity contribution in [2.24, 2.45) is 0 Å². The van der Waals surface area contributed by atoms with Crippen LogP contribution >= 0.6 is 0 Å². The fourth-order valence-electron chi connectivity index (χ4n) is 3.81. The SMILES string of the molecule is COC(=O)c1cc(NC2c3ccccc3C(=O)N2Cc2ccccc2)cc(C(=O)OC)c1. The fraction of sp³-hybridized carbons (Fsp3) is 0.160. The Labute approximate surface area is 185 Å². The van der Waals surface area contributed by atoms with Crippen molar-refractivity contribution in [3.05, 3.63) is 101 Å². The number of esters is 2. The molecule has 0 radical (unpaired) electrons. The number of fused-ring (bicyclic) bond motifs is 1. The molecule has 1 aliphatic rings. The molecule has 1 heterocycles. The molecule has 1 N–H and O–H groups in total. The third kappa shape index (κ3) is 4.05. The molecule has 162 valence electrons. The zero-order valence-corrected chi connectivity index (χ0v) is 17.7. The molecule has 3 aromatic rings. The second kappa shape index (κ2) is 8.93. The van der Waals surface area contributed by atoms with Crippen molar-refractivity contribution >= 4 is 23.5 Å². The van der Waals surface area contributed by atoms with E-state index in [0.29, 0.717) is 17.8 Å². The van der Waals surface area contributed by atoms with E-state index in [1.54, 1.807) is 23.1 Å². The molecule has 0 spiro atoms. The van der Waals surface area contributed by atoms with Gasteiger partial charge >= 0.3 is 11.9 Å². The minimum absolute atomic E-state index is 0.0979. The van der Waals surface area contributed by atoms with Crippen LogP contribution < -0.4 is 5.32 Å². The highest BCUT2D eigenvalue weighted by molar-refractivity contribution is 6.00. The normalized spacial score (nSPS) is 14.6. The standard InChI is InChI=1S/C25H22N2O5/c1-31-24(29)17-12-18(25(30)32-2)14-19(13-17)26-22-20-10-6-7-11-21(20)23(28)27(22)15-16-8-4-3-5-9-16/h3-14,22,26H,15H2,1-2H3. The summed E-state index contributed by atoms with van der Waals surface area (Å²) in [5.74, 6) is -1.26. The van der Waals surface area contributed by atoms with Crippen molar-refractivity contribution in [3.63, 3.8) is 0 Å². The van der Waals surface area contributed by atoms with Crippen LogP contribution in [-0.4, -0.2) is 37.0 Å². The lowest BCUT2D eigenvalue weighted by Crippen LogP contribution is -2.32. The summed E-state index contributed by atoms with van der Waals surface area (Å²) in [5, 5.41) is 3.33. The number of ether oxygens (including phenoxy) is 2. The second-order valence-corrected chi connectivity index (χ2v) is 7.33. The minimum Gasteiger partial charge on any atom is -0.465 e. The maximum absolute atomic E-state index is 13.2. The van der Waals surface area contributed by atoms with Crippen LogP contribution in [0.2, 0.25) is 0 Å². The van der Waals surface area contributed by atoms with Gasteiger partial charge in [-0.2, -0.15) is 0 Å². The molecule has 1 unspecified atom stereocenters. The van der Waals surface area contributed by atoms with Gasteiger partial charge in [0.25, 0.3) is 5.91 Å². The first kappa shape index (κ1) is 21.1. The Hall–Kier alpha value is -4.13. The third-order valence-electron chi connectivity index (χ3n) is 5.33. The number of rotatable bonds is 6. The van der Waals surface area contributed by atoms with E-state index in [4.69, 9.17) is 9.47 Å². The number of methoxy groups -OCH3 is 2. The molecule has 1 aliphatic heterocycles. The Bertz CT molecular complexity index is 1140. The van der Waals surface area contributed by atoms with Crippen LogP contribution in [0.25, 0.3) is 0 Å². The quantitative estimate of drug-likeness (QED) is 0.595. The number of carbonyl (C=O) groups excluding carboxylic acids is 3. The Morgan fingerprint density at radius 1 is 0.875 bits per heavy atom. The summed E-state index contributed by atoms with van der Waals surface area (Å²) >= 11 is 0. The first-order valence-corrected chi connectivity index (χ1v) is 10.0. The zero-order chi connectivity index (χ0) is 22.7. The van der Waals surface area contributed by atoms with Gasteiger partial charge in [-0.25, -0.2) is 9.59 Å². The van der Waals surface area contributed by atoms with Crippen LogP contribution in [0.15, 0.2) is 72.8 Å². The Morgan fingerprint density at radius 3 is 2.09 bits per heavy atom. The highest BCUT2D eigenvalue weighted by atomic mass is 16.5. The van der Waals surface area contributed by atoms with Gasteiger partial charge in [-0.15, -0.1) is 0 Å². The van der Waals surface area contributed by atoms with Gasteiger partial charge in [0.1, 0.15) is 6.17 Å². The van der Waals surface area contributed by atoms with Crippen LogP contribution in [0.3, 0.4) is 0 Å². The van der Waals surface area contributed by atoms with Gasteiger partial charge in [-0.3, -0.25) is 4.79 Å². The lowest BCUT2D eigenvalue weighted by Gasteiger charge is -2.27. The van der Waals surface area contributed by atoms with Crippen LogP contribution in [-0.2, 0) is 16.0 Å². The molecule has 0 saturated heterocycles. The molecule has 0 bridgehead atoms. The van der Waals surface area contributed by atoms with Gasteiger partial charge < -0.3 is 19.7 Å². The number of nitrogens with one attached hydrogen (secondary N) is 1. The van der Waals surface area contributed by atoms with E-state index in [9.17, 15) is 14.4 Å². The Morgan fingerprint density at radius 2 is 1.47 bits per heavy atom. The molecular weight excluding hydrogens is 408 g/mol. The summed E-state index contributed by atoms with van der Waals surface area (Å²) in [6.07, 6.45) is -0.489. The van der Waals surface area contributed by atoms with Crippen molar-refractivity contribution in [3.8, 4) is 0 Å². The summed E-state index contributed by atoms with van der Waals surface area (Å²) in [4.78, 5) is 39.2. The average molecular weight is 430 g/mol. The summed E-state index contributed by atoms with van der Waals surface area (Å²) in [7, 11) is 2.54. The molecule has 3 aromatic carbocycles. The molecule has 1 amide bonds. The number of hydrogen-bond donors (Lipinski definition) is 1. The van der Waals surface area contributed by atoms with Crippen molar-refractivity contribution in [2.45, 2.75) is 12.7 Å². The lowest BCUT2D eigenvalue weighted by molar-refractivity contribution is 0.0598. The number of anilines is 1. The molecule has 0 aliphatic carbocycles. The Kier molecular flexibility index (Phi) is 5.89. The van der Waals surface area contributed by atoms with Gasteiger partial charge in [0, 0.05) is 23.4 Å². The van der Waals surface area contributed by atoms with Crippen molar-refractivity contribution in [1.29, 1.82) is 0 Å². The van der Waals surface area contributed by atoms with Crippen molar-refractivity contribution in [2.75, 3.05) is 19.5 Å². The van der Waals surface area contributed by atoms with Crippen molar-refractivity contribution < 1.29 is 23.9 Å². The number of benzene rings is 3. The maximum Gasteiger partial charge on any atom is 0.337 e. The summed E-state index contributed by atoms with van der Waals surface area (Å²) in [5.41, 5.74) is 3.30. The average Bonchev–Trinajstić information content (AvgIpc) is 3.09. The first-order chi connectivity index (χ1) is 15.5. The second-order valence-electron chi connectivity index (χ2n) is 7.33. The molecular formula is C25H22N2O5. The van der Waals surface area contributed by atoms with Gasteiger partial charge in [0.2, 0.25) is 0 Å². The zero-order valence-electron chi connectivity index (χ0n) is 17.7. The van der Waals surface area contributed by atoms with E-state index in [2.05, 4.69) is 5.32 Å². The summed E-state index contributed by atoms with van der Waals surface area (Å²) in [6, 6.07) is 21.7. The maximum atomic E-state index is 13.2. The van der Waals surface area contributed by atoms with E-state index < -0.39 is 18.1 Å². The smallest absolute Gasteiger partial charge is 0.337 e. The lowest BCUT2D eigenvalue weighted by atomic mass is 10.1. The summed E-state index contributed by atoms with van der Waals surface area (Å²) < 4.78 is 9.64. The fourth-order valence-corrected chi connectivity index (χ4v) is 3.81. The number of carbonyl (C=O) groups is 3. The van der Waals surface area contributed by atoms with E-state index in [1.807, 2.05) is 48.5 Å². The molecule has 0 saturated carbocycles. The summed E-state index contributed by atoms with van der Waals surface area (Å²) in [6.45, 7) is 0.395. The highest BCUT2D eigenvalue weighted by Gasteiger charge is 2.36. The monoisotopic (exact) mass is 430 g/mol. The van der Waals surface area contributed by atoms with E-state index in [1.165, 1.54) is 20.3 Å². The molecule has 1 atom stereocenters. The predicted molar refractivity (Wildman–Crippen MR) is 118 cm³/mol. The largest absolute Gasteiger partial charge is 0.465 e. The number of amides is 1. The van der Waals surface area contributed by atoms with Crippen LogP contribution in [0.5, 0.6) is 0 Å². The third-order valence-corrected chi connectivity index (χ3v) is 5.33. The van der Waals surface area contributed by atoms with E-state index >= 15 is 0 Å². The highest BCUT2D eigenvalue weighted by Crippen LogP contribution is 2.36. The van der Waals surface area contributed by atoms with Crippen LogP contribution in [0, 0.1) is 0 Å². The van der Waals surface area contributed by atoms with E-state index in [-0.39, 0.29) is 17.0 Å². The first-order valence-electron chi connectivity index (χ1n) is 10.0. The van der Waals surface area contributed by atoms with Crippen molar-refractivity contribution in [1.82, 2.24) is 4.90 Å². The van der Waals surface area contributed by atoms with Gasteiger partial charge in [0.05, 0.1) is 25.3 Å². The molecule has 7 nitrogen and oxygen atoms in total. The molecule has 0 aromatic heterocycles. The topological polar surface area (TPSA) is 84.9 Å². The minimum atomic E-state index is -0.581. The van der Waals surface area contributed by atoms with Crippen LogP contribution in [0.1, 0.15) is 48.4 Å². The van der Waals surface area contributed by atoms with E-state index in [0.717, 1.165) is 11.1 Å². The molecule has 4 rings (SSSR count). The molecule has 7 heteroatoms. The molecule has 32 heavy (non-hydrogen) atoms. The number of hydrogen-bond acceptors (Lipinski definition) is 6. The molecule has 0 fully saturated rings. The Balaban J connectivity index is 1.74. The van der Waals surface area contributed by atoms with Gasteiger partial charge in [-0.05, 0) is 29.8 Å². The van der Waals surface area contributed by atoms with Gasteiger partial charge in [0.15, 0.2) is 0 Å². The predicted octanol–water partition coefficient (Wildman–Crippen LogP) is 4.03. The van der Waals surface area contributed by atoms with Crippen LogP contribution in [0.4, 0.5) is 5.69 Å². The number of nitrogens with zero attached hydrogens (tertiary/aromatic N) is 1. The van der Waals surface area contributed by atoms with Gasteiger partial charge in [-0.1, -0.05) is 48.5 Å².